The molecule has 0 fully saturated rings. The summed E-state index contributed by atoms with van der Waals surface area (Å²) >= 11 is 25.3. The van der Waals surface area contributed by atoms with Crippen molar-refractivity contribution in [3.8, 4) is 22.6 Å². The Morgan fingerprint density at radius 1 is 0.867 bits per heavy atom. The first kappa shape index (κ1) is 30.4. The molecule has 0 radical (unpaired) electrons. The van der Waals surface area contributed by atoms with Crippen molar-refractivity contribution in [3.63, 3.8) is 0 Å². The predicted molar refractivity (Wildman–Crippen MR) is 173 cm³/mol. The Balaban J connectivity index is 1.17. The van der Waals surface area contributed by atoms with Gasteiger partial charge >= 0.3 is 11.9 Å². The molecule has 6 aromatic rings. The van der Waals surface area contributed by atoms with Crippen LogP contribution in [0, 0.1) is 0 Å². The average molecular weight is 686 g/mol. The number of carboxylic acids is 1. The summed E-state index contributed by atoms with van der Waals surface area (Å²) < 4.78 is 6.85. The second-order valence-corrected chi connectivity index (χ2v) is 11.2. The molecule has 2 aromatic carbocycles. The molecule has 0 amide bonds. The van der Waals surface area contributed by atoms with E-state index in [0.717, 1.165) is 0 Å². The highest BCUT2D eigenvalue weighted by Crippen LogP contribution is 2.37. The highest BCUT2D eigenvalue weighted by Gasteiger charge is 2.16. The topological polar surface area (TPSA) is 160 Å². The number of esters is 1. The minimum atomic E-state index is -1.03. The van der Waals surface area contributed by atoms with Crippen LogP contribution in [0.2, 0.25) is 20.1 Å². The van der Waals surface area contributed by atoms with Gasteiger partial charge in [0.05, 0.1) is 54.4 Å². The van der Waals surface area contributed by atoms with Gasteiger partial charge in [-0.3, -0.25) is 14.7 Å². The van der Waals surface area contributed by atoms with Crippen molar-refractivity contribution in [2.24, 2.45) is 0 Å². The van der Waals surface area contributed by atoms with Crippen molar-refractivity contribution in [2.45, 2.75) is 6.73 Å². The SMILES string of the molecule is O=C(O)CNc1cc(-c2cnn(COC(=O)CNc3cc(-c4ccn[nH]4)nc4c(Cl)c(Cl)ccc34)c2)nc2c(Cl)c(Cl)ccc12. The molecular weight excluding hydrogens is 666 g/mol. The first-order valence-corrected chi connectivity index (χ1v) is 14.6. The second-order valence-electron chi connectivity index (χ2n) is 9.61. The van der Waals surface area contributed by atoms with E-state index < -0.39 is 11.9 Å². The molecule has 45 heavy (non-hydrogen) atoms. The van der Waals surface area contributed by atoms with Crippen molar-refractivity contribution in [1.29, 1.82) is 0 Å². The van der Waals surface area contributed by atoms with E-state index in [0.29, 0.717) is 65.9 Å². The zero-order valence-electron chi connectivity index (χ0n) is 22.8. The maximum Gasteiger partial charge on any atom is 0.327 e. The van der Waals surface area contributed by atoms with Gasteiger partial charge in [-0.05, 0) is 42.5 Å². The van der Waals surface area contributed by atoms with Crippen LogP contribution in [0.25, 0.3) is 44.5 Å². The third kappa shape index (κ3) is 6.45. The number of fused-ring (bicyclic) bond motifs is 2. The molecule has 4 heterocycles. The Morgan fingerprint density at radius 2 is 1.49 bits per heavy atom. The number of rotatable bonds is 10. The van der Waals surface area contributed by atoms with Crippen LogP contribution in [-0.4, -0.2) is 60.1 Å². The highest BCUT2D eigenvalue weighted by atomic mass is 35.5. The predicted octanol–water partition coefficient (Wildman–Crippen LogP) is 6.76. The van der Waals surface area contributed by atoms with Crippen LogP contribution in [0.15, 0.2) is 61.1 Å². The quantitative estimate of drug-likeness (QED) is 0.113. The molecule has 4 aromatic heterocycles. The zero-order chi connectivity index (χ0) is 31.7. The van der Waals surface area contributed by atoms with Crippen LogP contribution in [0.1, 0.15) is 0 Å². The fraction of sp³-hybridized carbons (Fsp3) is 0.103. The average Bonchev–Trinajstić information content (AvgIpc) is 3.74. The van der Waals surface area contributed by atoms with Gasteiger partial charge in [0.2, 0.25) is 0 Å². The lowest BCUT2D eigenvalue weighted by Gasteiger charge is -2.13. The molecule has 0 aliphatic heterocycles. The van der Waals surface area contributed by atoms with Crippen LogP contribution in [-0.2, 0) is 21.1 Å². The summed E-state index contributed by atoms with van der Waals surface area (Å²) in [5.41, 5.74) is 4.19. The van der Waals surface area contributed by atoms with Gasteiger partial charge < -0.3 is 20.5 Å². The summed E-state index contributed by atoms with van der Waals surface area (Å²) in [5.74, 6) is -1.58. The molecule has 0 atom stereocenters. The third-order valence-electron chi connectivity index (χ3n) is 6.66. The fourth-order valence-corrected chi connectivity index (χ4v) is 5.26. The molecule has 0 bridgehead atoms. The molecule has 12 nitrogen and oxygen atoms in total. The second kappa shape index (κ2) is 12.8. The number of aliphatic carboxylic acids is 1. The van der Waals surface area contributed by atoms with E-state index in [2.05, 4.69) is 35.9 Å². The lowest BCUT2D eigenvalue weighted by molar-refractivity contribution is -0.145. The number of aromatic amines is 1. The largest absolute Gasteiger partial charge is 0.480 e. The van der Waals surface area contributed by atoms with Crippen LogP contribution >= 0.6 is 46.4 Å². The van der Waals surface area contributed by atoms with Gasteiger partial charge in [0.1, 0.15) is 13.1 Å². The number of hydrogen-bond acceptors (Lipinski definition) is 9. The van der Waals surface area contributed by atoms with Crippen LogP contribution in [0.4, 0.5) is 11.4 Å². The van der Waals surface area contributed by atoms with Gasteiger partial charge in [0.25, 0.3) is 0 Å². The van der Waals surface area contributed by atoms with E-state index in [1.54, 1.807) is 54.9 Å². The molecule has 0 unspecified atom stereocenters. The Morgan fingerprint density at radius 3 is 2.11 bits per heavy atom. The standard InChI is InChI=1S/C29H20Cl4N8O4/c30-17-3-1-15-21(34-10-24(42)43)7-20(38-28(15)26(17)32)14-9-37-41(12-14)13-45-25(44)11-35-22-8-23(19-5-6-36-40-19)39-29-16(22)2-4-18(31)27(29)33/h1-9,12H,10-11,13H2,(H,34,38)(H,35,39)(H,36,40)(H,42,43). The van der Waals surface area contributed by atoms with Gasteiger partial charge in [-0.1, -0.05) is 46.4 Å². The molecule has 4 N–H and O–H groups in total. The molecule has 0 saturated heterocycles. The van der Waals surface area contributed by atoms with E-state index in [9.17, 15) is 9.59 Å². The Bertz CT molecular complexity index is 2090. The lowest BCUT2D eigenvalue weighted by atomic mass is 10.1. The normalized spacial score (nSPS) is 11.2. The number of pyridine rings is 2. The number of hydrogen-bond donors (Lipinski definition) is 4. The Hall–Kier alpha value is -4.62. The van der Waals surface area contributed by atoms with Gasteiger partial charge in [-0.25, -0.2) is 14.6 Å². The number of carbonyl (C=O) groups excluding carboxylic acids is 1. The monoisotopic (exact) mass is 684 g/mol. The van der Waals surface area contributed by atoms with E-state index in [1.807, 2.05) is 0 Å². The van der Waals surface area contributed by atoms with E-state index in [1.165, 1.54) is 10.9 Å². The summed E-state index contributed by atoms with van der Waals surface area (Å²) in [7, 11) is 0. The molecule has 6 rings (SSSR count). The number of halogens is 4. The summed E-state index contributed by atoms with van der Waals surface area (Å²) in [4.78, 5) is 33.1. The fourth-order valence-electron chi connectivity index (χ4n) is 4.54. The number of ether oxygens (including phenoxy) is 1. The summed E-state index contributed by atoms with van der Waals surface area (Å²) in [6, 6.07) is 11.9. The smallest absolute Gasteiger partial charge is 0.327 e. The van der Waals surface area contributed by atoms with Crippen molar-refractivity contribution < 1.29 is 19.4 Å². The van der Waals surface area contributed by atoms with E-state index >= 15 is 0 Å². The lowest BCUT2D eigenvalue weighted by Crippen LogP contribution is -2.19. The van der Waals surface area contributed by atoms with Crippen LogP contribution < -0.4 is 10.6 Å². The van der Waals surface area contributed by atoms with Gasteiger partial charge in [-0.2, -0.15) is 10.2 Å². The third-order valence-corrected chi connectivity index (χ3v) is 8.25. The number of anilines is 2. The summed E-state index contributed by atoms with van der Waals surface area (Å²) in [6.07, 6.45) is 4.77. The van der Waals surface area contributed by atoms with E-state index in [4.69, 9.17) is 56.2 Å². The minimum absolute atomic E-state index is 0.167. The van der Waals surface area contributed by atoms with Crippen molar-refractivity contribution >= 4 is 91.5 Å². The molecule has 0 saturated carbocycles. The van der Waals surface area contributed by atoms with Gasteiger partial charge in [0, 0.05) is 40.1 Å². The molecular formula is C29H20Cl4N8O4. The number of carboxylic acid groups (broad SMARTS) is 1. The number of aromatic nitrogens is 6. The van der Waals surface area contributed by atoms with Crippen LogP contribution in [0.5, 0.6) is 0 Å². The first-order chi connectivity index (χ1) is 21.7. The number of benzene rings is 2. The maximum atomic E-state index is 12.7. The van der Waals surface area contributed by atoms with Crippen molar-refractivity contribution in [3.05, 3.63) is 81.1 Å². The number of nitrogens with zero attached hydrogens (tertiary/aromatic N) is 5. The van der Waals surface area contributed by atoms with Gasteiger partial charge in [-0.15, -0.1) is 0 Å². The molecule has 228 valence electrons. The molecule has 0 spiro atoms. The minimum Gasteiger partial charge on any atom is -0.480 e. The highest BCUT2D eigenvalue weighted by molar-refractivity contribution is 6.45. The number of H-pyrrole nitrogens is 1. The summed E-state index contributed by atoms with van der Waals surface area (Å²) in [6.45, 7) is -0.661. The van der Waals surface area contributed by atoms with Crippen molar-refractivity contribution in [1.82, 2.24) is 29.9 Å². The number of carbonyl (C=O) groups is 2. The van der Waals surface area contributed by atoms with E-state index in [-0.39, 0.29) is 29.9 Å². The zero-order valence-corrected chi connectivity index (χ0v) is 25.8. The number of nitrogens with one attached hydrogen (secondary N) is 3. The van der Waals surface area contributed by atoms with Crippen molar-refractivity contribution in [2.75, 3.05) is 23.7 Å². The molecule has 0 aliphatic rings. The summed E-state index contributed by atoms with van der Waals surface area (Å²) in [5, 5.41) is 28.7. The Labute approximate surface area is 274 Å². The molecule has 0 aliphatic carbocycles. The van der Waals surface area contributed by atoms with Crippen LogP contribution in [0.3, 0.4) is 0 Å². The molecule has 16 heteroatoms. The van der Waals surface area contributed by atoms with Gasteiger partial charge in [0.15, 0.2) is 6.73 Å². The maximum absolute atomic E-state index is 12.7. The Kier molecular flexibility index (Phi) is 8.63. The first-order valence-electron chi connectivity index (χ1n) is 13.1.